The largest absolute Gasteiger partial charge is 0.486 e. The van der Waals surface area contributed by atoms with Crippen molar-refractivity contribution >= 4 is 16.9 Å². The summed E-state index contributed by atoms with van der Waals surface area (Å²) in [6.07, 6.45) is 0.807. The monoisotopic (exact) mass is 385 g/mol. The van der Waals surface area contributed by atoms with Crippen LogP contribution in [0.4, 0.5) is 0 Å². The third-order valence-corrected chi connectivity index (χ3v) is 4.73. The van der Waals surface area contributed by atoms with Crippen molar-refractivity contribution in [3.8, 4) is 5.75 Å². The van der Waals surface area contributed by atoms with Crippen molar-refractivity contribution in [2.45, 2.75) is 19.6 Å². The van der Waals surface area contributed by atoms with E-state index in [-0.39, 0.29) is 12.5 Å². The number of carbonyl (C=O) groups is 1. The molecule has 1 heterocycles. The van der Waals surface area contributed by atoms with Gasteiger partial charge in [0.2, 0.25) is 5.91 Å². The van der Waals surface area contributed by atoms with Crippen LogP contribution >= 0.6 is 0 Å². The minimum atomic E-state index is -0.0370. The number of carbonyl (C=O) groups excluding carboxylic acids is 1. The third-order valence-electron chi connectivity index (χ3n) is 4.73. The second kappa shape index (κ2) is 9.06. The molecule has 4 aromatic rings. The van der Waals surface area contributed by atoms with Gasteiger partial charge in [-0.05, 0) is 36.2 Å². The average Bonchev–Trinajstić information content (AvgIpc) is 3.11. The van der Waals surface area contributed by atoms with Crippen molar-refractivity contribution in [2.75, 3.05) is 6.54 Å². The molecule has 3 aromatic carbocycles. The van der Waals surface area contributed by atoms with E-state index in [4.69, 9.17) is 4.74 Å². The second-order valence-corrected chi connectivity index (χ2v) is 6.79. The Labute approximate surface area is 170 Å². The molecule has 0 saturated heterocycles. The van der Waals surface area contributed by atoms with E-state index < -0.39 is 0 Å². The molecule has 0 aliphatic heterocycles. The van der Waals surface area contributed by atoms with Gasteiger partial charge in [-0.2, -0.15) is 0 Å². The zero-order chi connectivity index (χ0) is 19.9. The minimum Gasteiger partial charge on any atom is -0.486 e. The predicted molar refractivity (Wildman–Crippen MR) is 114 cm³/mol. The van der Waals surface area contributed by atoms with E-state index >= 15 is 0 Å². The highest BCUT2D eigenvalue weighted by Gasteiger charge is 2.14. The van der Waals surface area contributed by atoms with Crippen molar-refractivity contribution in [3.05, 3.63) is 96.3 Å². The van der Waals surface area contributed by atoms with E-state index in [2.05, 4.69) is 22.4 Å². The van der Waals surface area contributed by atoms with Crippen LogP contribution in [0.1, 0.15) is 11.4 Å². The van der Waals surface area contributed by atoms with Gasteiger partial charge in [0, 0.05) is 6.54 Å². The molecule has 5 nitrogen and oxygen atoms in total. The molecular weight excluding hydrogens is 362 g/mol. The fourth-order valence-corrected chi connectivity index (χ4v) is 3.27. The van der Waals surface area contributed by atoms with Gasteiger partial charge in [0.1, 0.15) is 24.7 Å². The lowest BCUT2D eigenvalue weighted by molar-refractivity contribution is -0.121. The Morgan fingerprint density at radius 3 is 2.38 bits per heavy atom. The van der Waals surface area contributed by atoms with E-state index in [1.807, 2.05) is 77.4 Å². The molecular formula is C24H23N3O2. The molecule has 0 spiro atoms. The summed E-state index contributed by atoms with van der Waals surface area (Å²) in [5, 5.41) is 3.01. The summed E-state index contributed by atoms with van der Waals surface area (Å²) < 4.78 is 7.79. The lowest BCUT2D eigenvalue weighted by atomic mass is 10.1. The van der Waals surface area contributed by atoms with Crippen molar-refractivity contribution in [1.82, 2.24) is 14.9 Å². The summed E-state index contributed by atoms with van der Waals surface area (Å²) in [5.41, 5.74) is 2.99. The van der Waals surface area contributed by atoms with Gasteiger partial charge in [0.25, 0.3) is 0 Å². The number of fused-ring (bicyclic) bond motifs is 1. The number of nitrogens with zero attached hydrogens (tertiary/aromatic N) is 2. The maximum Gasteiger partial charge on any atom is 0.240 e. The summed E-state index contributed by atoms with van der Waals surface area (Å²) >= 11 is 0. The number of rotatable bonds is 8. The molecule has 1 N–H and O–H groups in total. The first kappa shape index (κ1) is 18.7. The number of hydrogen-bond acceptors (Lipinski definition) is 3. The van der Waals surface area contributed by atoms with Crippen LogP contribution in [0, 0.1) is 0 Å². The highest BCUT2D eigenvalue weighted by molar-refractivity contribution is 5.81. The number of aromatic nitrogens is 2. The first-order valence-electron chi connectivity index (χ1n) is 9.72. The number of para-hydroxylation sites is 3. The number of hydrogen-bond donors (Lipinski definition) is 1. The van der Waals surface area contributed by atoms with Gasteiger partial charge in [0.05, 0.1) is 11.0 Å². The zero-order valence-corrected chi connectivity index (χ0v) is 16.1. The van der Waals surface area contributed by atoms with Crippen molar-refractivity contribution < 1.29 is 9.53 Å². The molecule has 0 radical (unpaired) electrons. The van der Waals surface area contributed by atoms with Gasteiger partial charge in [-0.25, -0.2) is 4.98 Å². The van der Waals surface area contributed by atoms with Gasteiger partial charge in [-0.3, -0.25) is 4.79 Å². The van der Waals surface area contributed by atoms with E-state index in [1.54, 1.807) is 0 Å². The van der Waals surface area contributed by atoms with Crippen LogP contribution in [-0.2, 0) is 24.4 Å². The SMILES string of the molecule is O=C(Cn1c(COc2ccccc2)nc2ccccc21)NCCc1ccccc1. The molecule has 0 atom stereocenters. The Hall–Kier alpha value is -3.60. The van der Waals surface area contributed by atoms with E-state index in [9.17, 15) is 4.79 Å². The third kappa shape index (κ3) is 4.82. The summed E-state index contributed by atoms with van der Waals surface area (Å²) in [7, 11) is 0. The first-order chi connectivity index (χ1) is 14.3. The number of amides is 1. The second-order valence-electron chi connectivity index (χ2n) is 6.79. The van der Waals surface area contributed by atoms with Crippen LogP contribution in [0.15, 0.2) is 84.9 Å². The molecule has 0 bridgehead atoms. The van der Waals surface area contributed by atoms with Gasteiger partial charge < -0.3 is 14.6 Å². The molecule has 29 heavy (non-hydrogen) atoms. The lowest BCUT2D eigenvalue weighted by Crippen LogP contribution is -2.30. The highest BCUT2D eigenvalue weighted by atomic mass is 16.5. The summed E-state index contributed by atoms with van der Waals surface area (Å²) in [5.74, 6) is 1.47. The van der Waals surface area contributed by atoms with Gasteiger partial charge in [0.15, 0.2) is 0 Å². The Bertz CT molecular complexity index is 1080. The van der Waals surface area contributed by atoms with Crippen LogP contribution < -0.4 is 10.1 Å². The normalized spacial score (nSPS) is 10.8. The molecule has 0 aliphatic rings. The Balaban J connectivity index is 1.44. The summed E-state index contributed by atoms with van der Waals surface area (Å²) in [6.45, 7) is 1.12. The predicted octanol–water partition coefficient (Wildman–Crippen LogP) is 3.97. The Kier molecular flexibility index (Phi) is 5.86. The van der Waals surface area contributed by atoms with Crippen LogP contribution in [0.2, 0.25) is 0 Å². The van der Waals surface area contributed by atoms with Crippen molar-refractivity contribution in [3.63, 3.8) is 0 Å². The molecule has 4 rings (SSSR count). The molecule has 0 unspecified atom stereocenters. The topological polar surface area (TPSA) is 56.2 Å². The molecule has 0 aliphatic carbocycles. The quantitative estimate of drug-likeness (QED) is 0.499. The molecule has 5 heteroatoms. The Morgan fingerprint density at radius 2 is 1.59 bits per heavy atom. The number of nitrogens with one attached hydrogen (secondary N) is 1. The van der Waals surface area contributed by atoms with Crippen molar-refractivity contribution in [1.29, 1.82) is 0 Å². The number of benzene rings is 3. The molecule has 1 aromatic heterocycles. The highest BCUT2D eigenvalue weighted by Crippen LogP contribution is 2.18. The standard InChI is InChI=1S/C24H23N3O2/c28-24(25-16-15-19-9-3-1-4-10-19)17-27-22-14-8-7-13-21(22)26-23(27)18-29-20-11-5-2-6-12-20/h1-14H,15-18H2,(H,25,28). The van der Waals surface area contributed by atoms with Gasteiger partial charge in [-0.15, -0.1) is 0 Å². The maximum atomic E-state index is 12.6. The number of imidazole rings is 1. The molecule has 146 valence electrons. The van der Waals surface area contributed by atoms with E-state index in [1.165, 1.54) is 5.56 Å². The van der Waals surface area contributed by atoms with Crippen LogP contribution in [0.25, 0.3) is 11.0 Å². The summed E-state index contributed by atoms with van der Waals surface area (Å²) in [6, 6.07) is 27.6. The Morgan fingerprint density at radius 1 is 0.897 bits per heavy atom. The average molecular weight is 385 g/mol. The first-order valence-corrected chi connectivity index (χ1v) is 9.72. The molecule has 0 saturated carbocycles. The van der Waals surface area contributed by atoms with Crippen LogP contribution in [-0.4, -0.2) is 22.0 Å². The smallest absolute Gasteiger partial charge is 0.240 e. The number of ether oxygens (including phenoxy) is 1. The fourth-order valence-electron chi connectivity index (χ4n) is 3.27. The van der Waals surface area contributed by atoms with Crippen molar-refractivity contribution in [2.24, 2.45) is 0 Å². The fraction of sp³-hybridized carbons (Fsp3) is 0.167. The maximum absolute atomic E-state index is 12.6. The van der Waals surface area contributed by atoms with Crippen LogP contribution in [0.3, 0.4) is 0 Å². The van der Waals surface area contributed by atoms with E-state index in [0.717, 1.165) is 29.0 Å². The lowest BCUT2D eigenvalue weighted by Gasteiger charge is -2.11. The minimum absolute atomic E-state index is 0.0370. The molecule has 1 amide bonds. The van der Waals surface area contributed by atoms with Gasteiger partial charge >= 0.3 is 0 Å². The van der Waals surface area contributed by atoms with E-state index in [0.29, 0.717) is 13.2 Å². The van der Waals surface area contributed by atoms with Crippen LogP contribution in [0.5, 0.6) is 5.75 Å². The zero-order valence-electron chi connectivity index (χ0n) is 16.1. The summed E-state index contributed by atoms with van der Waals surface area (Å²) in [4.78, 5) is 17.2. The molecule has 0 fully saturated rings. The van der Waals surface area contributed by atoms with Gasteiger partial charge in [-0.1, -0.05) is 60.7 Å².